The number of rotatable bonds is 3. The van der Waals surface area contributed by atoms with Gasteiger partial charge < -0.3 is 0 Å². The van der Waals surface area contributed by atoms with E-state index in [2.05, 4.69) is 9.88 Å². The minimum absolute atomic E-state index is 0.232. The predicted molar refractivity (Wildman–Crippen MR) is 57.7 cm³/mol. The molecular weight excluding hydrogens is 206 g/mol. The monoisotopic (exact) mass is 221 g/mol. The van der Waals surface area contributed by atoms with Crippen molar-refractivity contribution in [3.63, 3.8) is 0 Å². The summed E-state index contributed by atoms with van der Waals surface area (Å²) in [5.74, 6) is -0.365. The van der Waals surface area contributed by atoms with Crippen LogP contribution in [0.1, 0.15) is 24.4 Å². The summed E-state index contributed by atoms with van der Waals surface area (Å²) in [6.45, 7) is 1.11. The maximum Gasteiger partial charge on any atom is 0.257 e. The first kappa shape index (κ1) is 11.0. The summed E-state index contributed by atoms with van der Waals surface area (Å²) in [4.78, 5) is 17.3. The Labute approximate surface area is 94.1 Å². The third kappa shape index (κ3) is 2.37. The van der Waals surface area contributed by atoms with Gasteiger partial charge in [-0.2, -0.15) is 0 Å². The second kappa shape index (κ2) is 5.05. The van der Waals surface area contributed by atoms with Gasteiger partial charge in [0.25, 0.3) is 5.91 Å². The number of nitrogens with zero attached hydrogens (tertiary/aromatic N) is 2. The Bertz CT molecular complexity index is 356. The lowest BCUT2D eigenvalue weighted by molar-refractivity contribution is -0.130. The van der Waals surface area contributed by atoms with Gasteiger partial charge in [0.15, 0.2) is 0 Å². The zero-order chi connectivity index (χ0) is 11.4. The van der Waals surface area contributed by atoms with Crippen molar-refractivity contribution in [1.82, 2.24) is 15.4 Å². The lowest BCUT2D eigenvalue weighted by atomic mass is 10.1. The van der Waals surface area contributed by atoms with Crippen molar-refractivity contribution in [3.8, 4) is 0 Å². The van der Waals surface area contributed by atoms with Crippen molar-refractivity contribution in [2.75, 3.05) is 13.1 Å². The molecule has 1 saturated heterocycles. The number of hydrogen-bond acceptors (Lipinski definition) is 4. The van der Waals surface area contributed by atoms with Gasteiger partial charge in [0.1, 0.15) is 0 Å². The van der Waals surface area contributed by atoms with Crippen LogP contribution in [-0.4, -0.2) is 34.1 Å². The van der Waals surface area contributed by atoms with E-state index >= 15 is 0 Å². The minimum Gasteiger partial charge on any atom is -0.289 e. The van der Waals surface area contributed by atoms with E-state index in [4.69, 9.17) is 5.21 Å². The van der Waals surface area contributed by atoms with Gasteiger partial charge in [-0.1, -0.05) is 6.07 Å². The van der Waals surface area contributed by atoms with Crippen LogP contribution >= 0.6 is 0 Å². The SMILES string of the molecule is O=C(CN1CCCC1c1cccnc1)NO. The smallest absolute Gasteiger partial charge is 0.257 e. The molecule has 86 valence electrons. The lowest BCUT2D eigenvalue weighted by Gasteiger charge is -2.23. The van der Waals surface area contributed by atoms with Gasteiger partial charge in [-0.25, -0.2) is 5.48 Å². The van der Waals surface area contributed by atoms with Crippen LogP contribution in [0.25, 0.3) is 0 Å². The Hall–Kier alpha value is -1.46. The van der Waals surface area contributed by atoms with E-state index in [1.165, 1.54) is 0 Å². The van der Waals surface area contributed by atoms with Crippen molar-refractivity contribution in [2.45, 2.75) is 18.9 Å². The normalized spacial score (nSPS) is 20.9. The molecule has 1 aromatic rings. The molecule has 1 fully saturated rings. The number of carbonyl (C=O) groups is 1. The standard InChI is InChI=1S/C11H15N3O2/c15-11(13-16)8-14-6-2-4-10(14)9-3-1-5-12-7-9/h1,3,5,7,10,16H,2,4,6,8H2,(H,13,15). The predicted octanol–water partition coefficient (Wildman–Crippen LogP) is 0.724. The van der Waals surface area contributed by atoms with Crippen molar-refractivity contribution in [1.29, 1.82) is 0 Å². The second-order valence-corrected chi connectivity index (χ2v) is 3.95. The molecule has 16 heavy (non-hydrogen) atoms. The van der Waals surface area contributed by atoms with Crippen LogP contribution in [0.5, 0.6) is 0 Å². The molecule has 1 atom stereocenters. The average Bonchev–Trinajstić information content (AvgIpc) is 2.78. The highest BCUT2D eigenvalue weighted by Crippen LogP contribution is 2.30. The van der Waals surface area contributed by atoms with E-state index in [0.717, 1.165) is 24.9 Å². The first-order valence-corrected chi connectivity index (χ1v) is 5.38. The molecule has 5 heteroatoms. The van der Waals surface area contributed by atoms with Gasteiger partial charge in [0.2, 0.25) is 0 Å². The van der Waals surface area contributed by atoms with Crippen LogP contribution in [0, 0.1) is 0 Å². The summed E-state index contributed by atoms with van der Waals surface area (Å²) >= 11 is 0. The number of nitrogens with one attached hydrogen (secondary N) is 1. The van der Waals surface area contributed by atoms with E-state index in [1.807, 2.05) is 18.3 Å². The molecule has 1 unspecified atom stereocenters. The summed E-state index contributed by atoms with van der Waals surface area (Å²) in [7, 11) is 0. The largest absolute Gasteiger partial charge is 0.289 e. The van der Waals surface area contributed by atoms with E-state index in [1.54, 1.807) is 11.7 Å². The highest BCUT2D eigenvalue weighted by molar-refractivity contribution is 5.76. The molecule has 0 radical (unpaired) electrons. The Morgan fingerprint density at radius 1 is 1.69 bits per heavy atom. The molecule has 0 aliphatic carbocycles. The quantitative estimate of drug-likeness (QED) is 0.583. The average molecular weight is 221 g/mol. The van der Waals surface area contributed by atoms with Crippen molar-refractivity contribution >= 4 is 5.91 Å². The third-order valence-corrected chi connectivity index (χ3v) is 2.90. The fraction of sp³-hybridized carbons (Fsp3) is 0.455. The Kier molecular flexibility index (Phi) is 3.48. The zero-order valence-electron chi connectivity index (χ0n) is 8.97. The fourth-order valence-corrected chi connectivity index (χ4v) is 2.19. The maximum absolute atomic E-state index is 11.1. The van der Waals surface area contributed by atoms with E-state index < -0.39 is 0 Å². The zero-order valence-corrected chi connectivity index (χ0v) is 8.97. The molecule has 0 bridgehead atoms. The highest BCUT2D eigenvalue weighted by Gasteiger charge is 2.27. The third-order valence-electron chi connectivity index (χ3n) is 2.90. The molecule has 2 rings (SSSR count). The van der Waals surface area contributed by atoms with Gasteiger partial charge in [-0.05, 0) is 31.0 Å². The van der Waals surface area contributed by atoms with E-state index in [-0.39, 0.29) is 18.5 Å². The molecule has 1 aliphatic heterocycles. The van der Waals surface area contributed by atoms with Crippen LogP contribution in [-0.2, 0) is 4.79 Å². The molecule has 2 N–H and O–H groups in total. The molecule has 0 saturated carbocycles. The molecule has 1 amide bonds. The minimum atomic E-state index is -0.365. The maximum atomic E-state index is 11.1. The fourth-order valence-electron chi connectivity index (χ4n) is 2.19. The van der Waals surface area contributed by atoms with Gasteiger partial charge in [-0.15, -0.1) is 0 Å². The molecule has 2 heterocycles. The van der Waals surface area contributed by atoms with Crippen LogP contribution in [0.4, 0.5) is 0 Å². The van der Waals surface area contributed by atoms with Crippen molar-refractivity contribution < 1.29 is 10.0 Å². The number of carbonyl (C=O) groups excluding carboxylic acids is 1. The van der Waals surface area contributed by atoms with Crippen LogP contribution < -0.4 is 5.48 Å². The number of hydrogen-bond donors (Lipinski definition) is 2. The summed E-state index contributed by atoms with van der Waals surface area (Å²) in [6.07, 6.45) is 5.67. The van der Waals surface area contributed by atoms with Crippen LogP contribution in [0.3, 0.4) is 0 Å². The molecule has 5 nitrogen and oxygen atoms in total. The summed E-state index contributed by atoms with van der Waals surface area (Å²) in [6, 6.07) is 4.16. The number of likely N-dealkylation sites (tertiary alicyclic amines) is 1. The summed E-state index contributed by atoms with van der Waals surface area (Å²) < 4.78 is 0. The highest BCUT2D eigenvalue weighted by atomic mass is 16.5. The van der Waals surface area contributed by atoms with E-state index in [0.29, 0.717) is 0 Å². The number of pyridine rings is 1. The van der Waals surface area contributed by atoms with Crippen LogP contribution in [0.15, 0.2) is 24.5 Å². The Morgan fingerprint density at radius 2 is 2.56 bits per heavy atom. The molecule has 0 spiro atoms. The first-order valence-electron chi connectivity index (χ1n) is 5.38. The Morgan fingerprint density at radius 3 is 3.25 bits per heavy atom. The van der Waals surface area contributed by atoms with Gasteiger partial charge in [0, 0.05) is 18.4 Å². The topological polar surface area (TPSA) is 65.5 Å². The van der Waals surface area contributed by atoms with Gasteiger partial charge >= 0.3 is 0 Å². The van der Waals surface area contributed by atoms with Crippen molar-refractivity contribution in [2.24, 2.45) is 0 Å². The Balaban J connectivity index is 2.06. The number of hydroxylamine groups is 1. The first-order chi connectivity index (χ1) is 7.81. The van der Waals surface area contributed by atoms with Gasteiger partial charge in [0.05, 0.1) is 6.54 Å². The number of amides is 1. The van der Waals surface area contributed by atoms with E-state index in [9.17, 15) is 4.79 Å². The number of aromatic nitrogens is 1. The molecule has 1 aromatic heterocycles. The lowest BCUT2D eigenvalue weighted by Crippen LogP contribution is -2.35. The summed E-state index contributed by atoms with van der Waals surface area (Å²) in [5.41, 5.74) is 2.80. The summed E-state index contributed by atoms with van der Waals surface area (Å²) in [5, 5.41) is 8.51. The van der Waals surface area contributed by atoms with Gasteiger partial charge in [-0.3, -0.25) is 19.9 Å². The molecule has 1 aliphatic rings. The molecular formula is C11H15N3O2. The molecule has 0 aromatic carbocycles. The van der Waals surface area contributed by atoms with Crippen LogP contribution in [0.2, 0.25) is 0 Å². The second-order valence-electron chi connectivity index (χ2n) is 3.95. The van der Waals surface area contributed by atoms with Crippen molar-refractivity contribution in [3.05, 3.63) is 30.1 Å².